The summed E-state index contributed by atoms with van der Waals surface area (Å²) < 4.78 is 21.3. The maximum atomic E-state index is 6.47. The lowest BCUT2D eigenvalue weighted by atomic mass is 10.2. The van der Waals surface area contributed by atoms with Gasteiger partial charge in [-0.1, -0.05) is 76.4 Å². The number of rotatable bonds is 20. The van der Waals surface area contributed by atoms with Crippen LogP contribution in [-0.4, -0.2) is 71.8 Å². The molecule has 0 N–H and O–H groups in total. The summed E-state index contributed by atoms with van der Waals surface area (Å²) in [5.74, 6) is 3.69. The Morgan fingerprint density at radius 1 is 0.696 bits per heavy atom. The molecule has 0 spiro atoms. The molecule has 0 saturated heterocycles. The van der Waals surface area contributed by atoms with E-state index in [0.29, 0.717) is 34.8 Å². The number of ether oxygens (including phenoxy) is 3. The van der Waals surface area contributed by atoms with Gasteiger partial charge >= 0.3 is 0 Å². The molecule has 0 saturated carbocycles. The molecule has 4 aromatic rings. The summed E-state index contributed by atoms with van der Waals surface area (Å²) in [6.07, 6.45) is 3.98. The van der Waals surface area contributed by atoms with Crippen molar-refractivity contribution in [3.63, 3.8) is 0 Å². The van der Waals surface area contributed by atoms with Gasteiger partial charge in [-0.2, -0.15) is 0 Å². The van der Waals surface area contributed by atoms with Crippen molar-refractivity contribution in [2.24, 2.45) is 0 Å². The highest BCUT2D eigenvalue weighted by Crippen LogP contribution is 2.37. The molecule has 9 heteroatoms. The van der Waals surface area contributed by atoms with E-state index in [4.69, 9.17) is 42.4 Å². The van der Waals surface area contributed by atoms with Crippen LogP contribution >= 0.6 is 23.2 Å². The summed E-state index contributed by atoms with van der Waals surface area (Å²) in [5, 5.41) is 1.05. The number of aromatic nitrogens is 2. The number of hydrogen-bond donors (Lipinski definition) is 0. The van der Waals surface area contributed by atoms with Crippen molar-refractivity contribution >= 4 is 34.2 Å². The highest BCUT2D eigenvalue weighted by molar-refractivity contribution is 6.34. The second kappa shape index (κ2) is 18.4. The van der Waals surface area contributed by atoms with Gasteiger partial charge in [-0.3, -0.25) is 0 Å². The molecule has 0 fully saturated rings. The predicted molar refractivity (Wildman–Crippen MR) is 192 cm³/mol. The normalized spacial score (nSPS) is 11.6. The minimum atomic E-state index is 0.524. The van der Waals surface area contributed by atoms with Gasteiger partial charge < -0.3 is 28.6 Å². The largest absolute Gasteiger partial charge is 0.493 e. The van der Waals surface area contributed by atoms with Crippen LogP contribution in [0.25, 0.3) is 22.4 Å². The summed E-state index contributed by atoms with van der Waals surface area (Å²) in [6.45, 7) is 19.3. The van der Waals surface area contributed by atoms with Gasteiger partial charge in [-0.05, 0) is 75.8 Å². The molecule has 7 nitrogen and oxygen atoms in total. The minimum absolute atomic E-state index is 0.524. The summed E-state index contributed by atoms with van der Waals surface area (Å²) >= 11 is 12.4. The van der Waals surface area contributed by atoms with Gasteiger partial charge in [0, 0.05) is 47.4 Å². The molecule has 0 amide bonds. The summed E-state index contributed by atoms with van der Waals surface area (Å²) in [7, 11) is 0. The van der Waals surface area contributed by atoms with Crippen LogP contribution in [0, 0.1) is 0 Å². The van der Waals surface area contributed by atoms with Crippen LogP contribution in [0.2, 0.25) is 10.0 Å². The lowest BCUT2D eigenvalue weighted by Gasteiger charge is -2.18. The molecule has 46 heavy (non-hydrogen) atoms. The number of hydrogen-bond acceptors (Lipinski definition) is 6. The molecule has 0 aliphatic carbocycles. The van der Waals surface area contributed by atoms with Crippen molar-refractivity contribution in [1.29, 1.82) is 0 Å². The van der Waals surface area contributed by atoms with Crippen molar-refractivity contribution in [3.05, 3.63) is 64.6 Å². The number of unbranched alkanes of at least 4 members (excludes halogenated alkanes) is 1. The van der Waals surface area contributed by atoms with Gasteiger partial charge in [0.1, 0.15) is 28.6 Å². The topological polar surface area (TPSA) is 52.0 Å². The van der Waals surface area contributed by atoms with Gasteiger partial charge in [0.05, 0.1) is 18.7 Å². The molecule has 1 heterocycles. The average molecular weight is 670 g/mol. The standard InChI is InChI=1S/C37H50Cl2N4O3/c1-6-11-19-43-34-26-32(44-20-13-17-41(7-2)8-3)27-35(45-21-14-18-42(9-4)10-5)36(34)40-37(43)28-15-12-16-31(22-28)46-33-24-29(38)23-30(39)25-33/h12,15-16,22-27H,6-11,13-14,17-21H2,1-5H3. The molecule has 0 atom stereocenters. The van der Waals surface area contributed by atoms with Crippen molar-refractivity contribution in [2.75, 3.05) is 52.5 Å². The lowest BCUT2D eigenvalue weighted by molar-refractivity contribution is 0.243. The Hall–Kier alpha value is -2.97. The Kier molecular flexibility index (Phi) is 14.3. The number of aryl methyl sites for hydroxylation is 1. The zero-order chi connectivity index (χ0) is 32.9. The second-order valence-electron chi connectivity index (χ2n) is 11.4. The number of imidazole rings is 1. The molecule has 1 aromatic heterocycles. The van der Waals surface area contributed by atoms with E-state index in [1.54, 1.807) is 18.2 Å². The van der Waals surface area contributed by atoms with Crippen molar-refractivity contribution in [1.82, 2.24) is 19.4 Å². The fourth-order valence-corrected chi connectivity index (χ4v) is 6.08. The van der Waals surface area contributed by atoms with Gasteiger partial charge in [0.15, 0.2) is 5.75 Å². The van der Waals surface area contributed by atoms with E-state index in [1.165, 1.54) is 0 Å². The molecule has 0 unspecified atom stereocenters. The molecule has 0 aliphatic rings. The van der Waals surface area contributed by atoms with E-state index in [-0.39, 0.29) is 0 Å². The number of fused-ring (bicyclic) bond motifs is 1. The van der Waals surface area contributed by atoms with Crippen LogP contribution in [-0.2, 0) is 6.54 Å². The third-order valence-electron chi connectivity index (χ3n) is 8.24. The first-order valence-corrected chi connectivity index (χ1v) is 17.6. The lowest BCUT2D eigenvalue weighted by Crippen LogP contribution is -2.25. The monoisotopic (exact) mass is 668 g/mol. The quantitative estimate of drug-likeness (QED) is 0.0874. The first kappa shape index (κ1) is 35.9. The molecule has 0 aliphatic heterocycles. The van der Waals surface area contributed by atoms with Crippen LogP contribution in [0.4, 0.5) is 0 Å². The molecule has 4 rings (SSSR count). The van der Waals surface area contributed by atoms with E-state index >= 15 is 0 Å². The SMILES string of the molecule is CCCCn1c(-c2cccc(Oc3cc(Cl)cc(Cl)c3)c2)nc2c(OCCCN(CC)CC)cc(OCCCN(CC)CC)cc21. The fourth-order valence-electron chi connectivity index (χ4n) is 5.57. The van der Waals surface area contributed by atoms with Crippen molar-refractivity contribution in [3.8, 4) is 34.4 Å². The summed E-state index contributed by atoms with van der Waals surface area (Å²) in [5.41, 5.74) is 2.81. The third kappa shape index (κ3) is 10.0. The van der Waals surface area contributed by atoms with Crippen LogP contribution in [0.15, 0.2) is 54.6 Å². The van der Waals surface area contributed by atoms with Crippen LogP contribution in [0.5, 0.6) is 23.0 Å². The van der Waals surface area contributed by atoms with Crippen molar-refractivity contribution < 1.29 is 14.2 Å². The molecule has 3 aromatic carbocycles. The van der Waals surface area contributed by atoms with Gasteiger partial charge in [0.25, 0.3) is 0 Å². The number of halogens is 2. The molecular weight excluding hydrogens is 619 g/mol. The average Bonchev–Trinajstić information content (AvgIpc) is 3.42. The van der Waals surface area contributed by atoms with Gasteiger partial charge in [0.2, 0.25) is 0 Å². The minimum Gasteiger partial charge on any atom is -0.493 e. The fraction of sp³-hybridized carbons (Fsp3) is 0.486. The first-order valence-electron chi connectivity index (χ1n) is 16.9. The zero-order valence-corrected chi connectivity index (χ0v) is 29.7. The summed E-state index contributed by atoms with van der Waals surface area (Å²) in [6, 6.07) is 17.3. The Morgan fingerprint density at radius 2 is 1.35 bits per heavy atom. The van der Waals surface area contributed by atoms with Gasteiger partial charge in [-0.25, -0.2) is 4.98 Å². The number of nitrogens with zero attached hydrogens (tertiary/aromatic N) is 4. The molecule has 0 bridgehead atoms. The summed E-state index contributed by atoms with van der Waals surface area (Å²) in [4.78, 5) is 10.0. The highest BCUT2D eigenvalue weighted by atomic mass is 35.5. The zero-order valence-electron chi connectivity index (χ0n) is 28.2. The second-order valence-corrected chi connectivity index (χ2v) is 12.3. The van der Waals surface area contributed by atoms with E-state index < -0.39 is 0 Å². The Labute approximate surface area is 285 Å². The van der Waals surface area contributed by atoms with E-state index in [1.807, 2.05) is 24.3 Å². The van der Waals surface area contributed by atoms with E-state index in [2.05, 4.69) is 61.1 Å². The maximum absolute atomic E-state index is 6.47. The van der Waals surface area contributed by atoms with Crippen LogP contribution in [0.3, 0.4) is 0 Å². The third-order valence-corrected chi connectivity index (χ3v) is 8.68. The molecular formula is C37H50Cl2N4O3. The van der Waals surface area contributed by atoms with E-state index in [9.17, 15) is 0 Å². The van der Waals surface area contributed by atoms with Crippen LogP contribution in [0.1, 0.15) is 60.3 Å². The predicted octanol–water partition coefficient (Wildman–Crippen LogP) is 9.82. The Bertz CT molecular complexity index is 1500. The Morgan fingerprint density at radius 3 is 1.98 bits per heavy atom. The molecule has 0 radical (unpaired) electrons. The van der Waals surface area contributed by atoms with Crippen molar-refractivity contribution in [2.45, 2.75) is 66.8 Å². The van der Waals surface area contributed by atoms with E-state index in [0.717, 1.165) is 105 Å². The smallest absolute Gasteiger partial charge is 0.150 e. The highest BCUT2D eigenvalue weighted by Gasteiger charge is 2.19. The van der Waals surface area contributed by atoms with Crippen LogP contribution < -0.4 is 14.2 Å². The maximum Gasteiger partial charge on any atom is 0.150 e. The molecule has 250 valence electrons. The first-order chi connectivity index (χ1) is 22.4. The van der Waals surface area contributed by atoms with Gasteiger partial charge in [-0.15, -0.1) is 0 Å². The number of benzene rings is 3. The Balaban J connectivity index is 1.68.